The summed E-state index contributed by atoms with van der Waals surface area (Å²) in [6, 6.07) is 10.0. The molecule has 0 heterocycles. The maximum absolute atomic E-state index is 10.8. The van der Waals surface area contributed by atoms with Crippen molar-refractivity contribution in [3.63, 3.8) is 0 Å². The Hall–Kier alpha value is -2.19. The second kappa shape index (κ2) is 7.38. The zero-order valence-electron chi connectivity index (χ0n) is 12.4. The third-order valence-electron chi connectivity index (χ3n) is 3.06. The number of nitro groups is 1. The van der Waals surface area contributed by atoms with E-state index < -0.39 is 4.92 Å². The van der Waals surface area contributed by atoms with Crippen molar-refractivity contribution < 1.29 is 9.66 Å². The fourth-order valence-electron chi connectivity index (χ4n) is 1.90. The van der Waals surface area contributed by atoms with Gasteiger partial charge in [-0.2, -0.15) is 0 Å². The molecule has 0 spiro atoms. The van der Waals surface area contributed by atoms with E-state index in [0.29, 0.717) is 16.5 Å². The molecule has 2 N–H and O–H groups in total. The lowest BCUT2D eigenvalue weighted by atomic mass is 10.2. The van der Waals surface area contributed by atoms with Crippen LogP contribution in [0.25, 0.3) is 0 Å². The molecule has 2 aromatic rings. The van der Waals surface area contributed by atoms with E-state index in [0.717, 1.165) is 15.7 Å². The predicted molar refractivity (Wildman–Crippen MR) is 98.4 cm³/mol. The van der Waals surface area contributed by atoms with E-state index >= 15 is 0 Å². The number of nitro benzene ring substituents is 1. The van der Waals surface area contributed by atoms with E-state index in [4.69, 9.17) is 17.0 Å². The van der Waals surface area contributed by atoms with Crippen molar-refractivity contribution in [3.8, 4) is 5.75 Å². The van der Waals surface area contributed by atoms with Crippen molar-refractivity contribution >= 4 is 50.3 Å². The molecule has 120 valence electrons. The van der Waals surface area contributed by atoms with Gasteiger partial charge in [0.05, 0.1) is 23.8 Å². The summed E-state index contributed by atoms with van der Waals surface area (Å²) < 4.78 is 6.17. The predicted octanol–water partition coefficient (Wildman–Crippen LogP) is 4.48. The van der Waals surface area contributed by atoms with Crippen molar-refractivity contribution in [1.82, 2.24) is 0 Å². The van der Waals surface area contributed by atoms with E-state index in [1.165, 1.54) is 19.2 Å². The number of nitrogens with one attached hydrogen (secondary N) is 2. The molecule has 8 heteroatoms. The van der Waals surface area contributed by atoms with Crippen molar-refractivity contribution in [2.75, 3.05) is 17.7 Å². The van der Waals surface area contributed by atoms with Crippen LogP contribution in [0.2, 0.25) is 0 Å². The minimum atomic E-state index is -0.479. The second-order valence-electron chi connectivity index (χ2n) is 4.68. The number of thiocarbonyl (C=S) groups is 1. The third-order valence-corrected chi connectivity index (χ3v) is 4.15. The molecule has 23 heavy (non-hydrogen) atoms. The zero-order chi connectivity index (χ0) is 17.0. The number of benzene rings is 2. The van der Waals surface area contributed by atoms with Gasteiger partial charge in [0.15, 0.2) is 5.11 Å². The highest BCUT2D eigenvalue weighted by Gasteiger charge is 2.12. The molecule has 0 aliphatic rings. The lowest BCUT2D eigenvalue weighted by Gasteiger charge is -2.14. The normalized spacial score (nSPS) is 10.0. The molecule has 0 saturated carbocycles. The first-order valence-electron chi connectivity index (χ1n) is 6.57. The number of hydrogen-bond donors (Lipinski definition) is 2. The Morgan fingerprint density at radius 1 is 1.26 bits per heavy atom. The number of non-ortho nitro benzene ring substituents is 1. The number of aryl methyl sites for hydroxylation is 1. The Kier molecular flexibility index (Phi) is 5.51. The molecule has 0 aliphatic carbocycles. The molecule has 0 amide bonds. The molecule has 0 unspecified atom stereocenters. The Balaban J connectivity index is 2.13. The SMILES string of the molecule is COc1cc([N+](=O)[O-])ccc1NC(=S)Nc1ccc(Br)c(C)c1. The lowest BCUT2D eigenvalue weighted by molar-refractivity contribution is -0.384. The molecule has 0 saturated heterocycles. The molecule has 6 nitrogen and oxygen atoms in total. The maximum Gasteiger partial charge on any atom is 0.273 e. The number of ether oxygens (including phenoxy) is 1. The first-order chi connectivity index (χ1) is 10.9. The van der Waals surface area contributed by atoms with Crippen molar-refractivity contribution in [2.45, 2.75) is 6.92 Å². The first-order valence-corrected chi connectivity index (χ1v) is 7.77. The highest BCUT2D eigenvalue weighted by molar-refractivity contribution is 9.10. The largest absolute Gasteiger partial charge is 0.494 e. The minimum Gasteiger partial charge on any atom is -0.494 e. The van der Waals surface area contributed by atoms with Gasteiger partial charge in [-0.25, -0.2) is 0 Å². The quantitative estimate of drug-likeness (QED) is 0.451. The van der Waals surface area contributed by atoms with Gasteiger partial charge in [-0.1, -0.05) is 15.9 Å². The van der Waals surface area contributed by atoms with Crippen LogP contribution in [-0.2, 0) is 0 Å². The van der Waals surface area contributed by atoms with E-state index in [9.17, 15) is 10.1 Å². The molecule has 0 bridgehead atoms. The van der Waals surface area contributed by atoms with E-state index in [-0.39, 0.29) is 5.69 Å². The smallest absolute Gasteiger partial charge is 0.273 e. The molecule has 0 fully saturated rings. The summed E-state index contributed by atoms with van der Waals surface area (Å²) in [6.45, 7) is 1.98. The number of methoxy groups -OCH3 is 1. The van der Waals surface area contributed by atoms with Gasteiger partial charge in [-0.3, -0.25) is 10.1 Å². The fourth-order valence-corrected chi connectivity index (χ4v) is 2.38. The van der Waals surface area contributed by atoms with Gasteiger partial charge < -0.3 is 15.4 Å². The van der Waals surface area contributed by atoms with Gasteiger partial charge in [-0.05, 0) is 49.0 Å². The Bertz CT molecular complexity index is 768. The van der Waals surface area contributed by atoms with Crippen LogP contribution < -0.4 is 15.4 Å². The van der Waals surface area contributed by atoms with Gasteiger partial charge in [-0.15, -0.1) is 0 Å². The zero-order valence-corrected chi connectivity index (χ0v) is 14.8. The molecular formula is C15H14BrN3O3S. The molecule has 0 aliphatic heterocycles. The van der Waals surface area contributed by atoms with Gasteiger partial charge in [0.2, 0.25) is 0 Å². The van der Waals surface area contributed by atoms with Crippen LogP contribution in [0.1, 0.15) is 5.56 Å². The maximum atomic E-state index is 10.8. The van der Waals surface area contributed by atoms with Gasteiger partial charge in [0, 0.05) is 16.2 Å². The van der Waals surface area contributed by atoms with Gasteiger partial charge >= 0.3 is 0 Å². The summed E-state index contributed by atoms with van der Waals surface area (Å²) >= 11 is 8.70. The highest BCUT2D eigenvalue weighted by atomic mass is 79.9. The number of rotatable bonds is 4. The average Bonchev–Trinajstić information content (AvgIpc) is 2.51. The summed E-state index contributed by atoms with van der Waals surface area (Å²) in [7, 11) is 1.44. The van der Waals surface area contributed by atoms with E-state index in [2.05, 4.69) is 26.6 Å². The summed E-state index contributed by atoms with van der Waals surface area (Å²) in [6.07, 6.45) is 0. The van der Waals surface area contributed by atoms with Crippen LogP contribution in [0.4, 0.5) is 17.1 Å². The third kappa shape index (κ3) is 4.40. The summed E-state index contributed by atoms with van der Waals surface area (Å²) in [5.74, 6) is 0.343. The molecular weight excluding hydrogens is 382 g/mol. The van der Waals surface area contributed by atoms with Crippen LogP contribution in [0.5, 0.6) is 5.75 Å². The molecule has 0 aromatic heterocycles. The molecule has 0 atom stereocenters. The summed E-state index contributed by atoms with van der Waals surface area (Å²) in [5, 5.41) is 17.2. The van der Waals surface area contributed by atoms with E-state index in [1.807, 2.05) is 25.1 Å². The fraction of sp³-hybridized carbons (Fsp3) is 0.133. The summed E-state index contributed by atoms with van der Waals surface area (Å²) in [4.78, 5) is 10.3. The standard InChI is InChI=1S/C15H14BrN3O3S/c1-9-7-10(3-5-12(9)16)17-15(23)18-13-6-4-11(19(20)21)8-14(13)22-2/h3-8H,1-2H3,(H2,17,18,23). The van der Waals surface area contributed by atoms with Crippen LogP contribution in [0.15, 0.2) is 40.9 Å². The van der Waals surface area contributed by atoms with Crippen LogP contribution >= 0.6 is 28.1 Å². The summed E-state index contributed by atoms with van der Waals surface area (Å²) in [5.41, 5.74) is 2.41. The lowest BCUT2D eigenvalue weighted by Crippen LogP contribution is -2.19. The van der Waals surface area contributed by atoms with Crippen molar-refractivity contribution in [1.29, 1.82) is 0 Å². The van der Waals surface area contributed by atoms with Crippen LogP contribution in [0.3, 0.4) is 0 Å². The number of nitrogens with zero attached hydrogens (tertiary/aromatic N) is 1. The van der Waals surface area contributed by atoms with Crippen molar-refractivity contribution in [3.05, 3.63) is 56.5 Å². The average molecular weight is 396 g/mol. The number of anilines is 2. The number of hydrogen-bond acceptors (Lipinski definition) is 4. The van der Waals surface area contributed by atoms with Gasteiger partial charge in [0.25, 0.3) is 5.69 Å². The molecule has 2 aromatic carbocycles. The van der Waals surface area contributed by atoms with Crippen LogP contribution in [0, 0.1) is 17.0 Å². The van der Waals surface area contributed by atoms with E-state index in [1.54, 1.807) is 6.07 Å². The molecule has 0 radical (unpaired) electrons. The number of halogens is 1. The van der Waals surface area contributed by atoms with Crippen LogP contribution in [-0.4, -0.2) is 17.1 Å². The van der Waals surface area contributed by atoms with Gasteiger partial charge in [0.1, 0.15) is 5.75 Å². The Morgan fingerprint density at radius 3 is 2.61 bits per heavy atom. The van der Waals surface area contributed by atoms with Crippen molar-refractivity contribution in [2.24, 2.45) is 0 Å². The highest BCUT2D eigenvalue weighted by Crippen LogP contribution is 2.29. The monoisotopic (exact) mass is 395 g/mol. The topological polar surface area (TPSA) is 76.4 Å². The second-order valence-corrected chi connectivity index (χ2v) is 5.95. The first kappa shape index (κ1) is 17.2. The molecule has 2 rings (SSSR count). The minimum absolute atomic E-state index is 0.0465. The Morgan fingerprint density at radius 2 is 2.00 bits per heavy atom. The Labute approximate surface area is 147 Å².